The van der Waals surface area contributed by atoms with E-state index in [9.17, 15) is 9.59 Å². The van der Waals surface area contributed by atoms with E-state index in [1.54, 1.807) is 0 Å². The molecule has 0 N–H and O–H groups in total. The molecule has 12 unspecified atom stereocenters. The Labute approximate surface area is 807 Å². The Bertz CT molecular complexity index is 3080. The van der Waals surface area contributed by atoms with Gasteiger partial charge in [-0.2, -0.15) is 0 Å². The van der Waals surface area contributed by atoms with Crippen LogP contribution in [0.15, 0.2) is 121 Å². The van der Waals surface area contributed by atoms with Crippen molar-refractivity contribution < 1.29 is 90.1 Å². The van der Waals surface area contributed by atoms with Crippen molar-refractivity contribution in [2.75, 3.05) is 19.8 Å². The monoisotopic (exact) mass is 1860 g/mol. The summed E-state index contributed by atoms with van der Waals surface area (Å²) in [4.78, 5) is 25.9. The lowest BCUT2D eigenvalue weighted by molar-refractivity contribution is -0.380. The van der Waals surface area contributed by atoms with Gasteiger partial charge >= 0.3 is 11.9 Å². The molecule has 19 nitrogen and oxygen atoms in total. The molecule has 30 atom stereocenters. The van der Waals surface area contributed by atoms with Crippen LogP contribution < -0.4 is 0 Å². The third-order valence-electron chi connectivity index (χ3n) is 23.2. The predicted molar refractivity (Wildman–Crippen MR) is 549 cm³/mol. The summed E-state index contributed by atoms with van der Waals surface area (Å²) in [5, 5.41) is 0. The standard InChI is InChI=1S/C82H118O19.15C2H6/c1-17-64-47(4)50(7)73(101-78-56(13)54(11)70(66(19-3)94-78)98-81-75(91-59(16)84)52(9)49(6)67(95-81)44-85-40-60-32-24-20-25-33-60)79(92-64)89-46-68-57(14)72(100-80-74(90-58(15)83)51(8)48(5)65(18-2)93-80)76(87-42-62-36-28-22-29-37-62)82(96-68)99-71-53(10)55(12)77(88-43-63-38-30-23-31-39-63)97-69(71)45-86-41-61-34-26-21-27-35-61;15*1-2/h20-39,47-57,64-82H,17-19,40-46H2,1-16H3;15*1-2H3/t47-,48+,49+,50?,51+,52?,53?,54?,55-,56-,57+,64?,65?,66?,67?,68?,69?,70-,71-,72?,73+,74?,75-,76+,77+,78-,79-,80-,81-,82-;;;;;;;;;;;;;;;/m0.............../s1. The highest BCUT2D eigenvalue weighted by molar-refractivity contribution is 5.66. The summed E-state index contributed by atoms with van der Waals surface area (Å²) in [6.07, 6.45) is -10.2. The second-order valence-corrected chi connectivity index (χ2v) is 29.9. The average Bonchev–Trinajstić information content (AvgIpc) is 0.762. The van der Waals surface area contributed by atoms with E-state index in [2.05, 4.69) is 96.9 Å². The van der Waals surface area contributed by atoms with Crippen LogP contribution in [-0.4, -0.2) is 149 Å². The third-order valence-corrected chi connectivity index (χ3v) is 23.2. The Kier molecular flexibility index (Phi) is 89.5. The second kappa shape index (κ2) is 85.6. The first-order valence-corrected chi connectivity index (χ1v) is 52.7. The zero-order chi connectivity index (χ0) is 102. The normalized spacial score (nSPS) is 30.8. The summed E-state index contributed by atoms with van der Waals surface area (Å²) in [6, 6.07) is 40.2. The van der Waals surface area contributed by atoms with Gasteiger partial charge in [0.15, 0.2) is 49.9 Å². The van der Waals surface area contributed by atoms with E-state index in [4.69, 9.17) is 80.5 Å². The Morgan fingerprint density at radius 3 is 0.855 bits per heavy atom. The predicted octanol–water partition coefficient (Wildman–Crippen LogP) is 29.6. The van der Waals surface area contributed by atoms with E-state index in [-0.39, 0.29) is 97.3 Å². The number of benzene rings is 4. The molecule has 0 aliphatic carbocycles. The fourth-order valence-electron chi connectivity index (χ4n) is 15.7. The van der Waals surface area contributed by atoms with Crippen LogP contribution in [0.25, 0.3) is 0 Å². The minimum Gasteiger partial charge on any atom is -0.457 e. The van der Waals surface area contributed by atoms with Gasteiger partial charge in [0.05, 0.1) is 95.1 Å². The van der Waals surface area contributed by atoms with E-state index in [1.807, 2.05) is 329 Å². The first-order valence-electron chi connectivity index (χ1n) is 52.7. The molecule has 0 aromatic heterocycles. The van der Waals surface area contributed by atoms with Gasteiger partial charge < -0.3 is 80.5 Å². The van der Waals surface area contributed by atoms with Crippen LogP contribution in [0.1, 0.15) is 360 Å². The summed E-state index contributed by atoms with van der Waals surface area (Å²) >= 11 is 0. The second-order valence-electron chi connectivity index (χ2n) is 29.9. The van der Waals surface area contributed by atoms with Gasteiger partial charge in [0.1, 0.15) is 18.3 Å². The number of rotatable bonds is 30. The molecule has 6 fully saturated rings. The Hall–Kier alpha value is -4.78. The molecule has 10 rings (SSSR count). The van der Waals surface area contributed by atoms with Gasteiger partial charge in [0.25, 0.3) is 0 Å². The molecule has 131 heavy (non-hydrogen) atoms. The van der Waals surface area contributed by atoms with Gasteiger partial charge in [-0.15, -0.1) is 0 Å². The van der Waals surface area contributed by atoms with Crippen molar-refractivity contribution >= 4 is 11.9 Å². The molecule has 6 aliphatic rings. The average molecular weight is 1860 g/mol. The maximum Gasteiger partial charge on any atom is 0.303 e. The van der Waals surface area contributed by atoms with Crippen molar-refractivity contribution in [1.29, 1.82) is 0 Å². The molecule has 4 aromatic rings. The van der Waals surface area contributed by atoms with Gasteiger partial charge in [-0.05, 0) is 77.0 Å². The zero-order valence-electron chi connectivity index (χ0n) is 92.7. The minimum atomic E-state index is -1.10. The topological polar surface area (TPSA) is 191 Å². The number of hydrogen-bond acceptors (Lipinski definition) is 19. The summed E-state index contributed by atoms with van der Waals surface area (Å²) in [5.74, 6) is -2.04. The molecular weight excluding hydrogens is 1650 g/mol. The fraction of sp³-hybridized carbons (Fsp3) is 0.768. The maximum atomic E-state index is 13.1. The molecule has 0 amide bonds. The van der Waals surface area contributed by atoms with Crippen molar-refractivity contribution in [2.24, 2.45) is 65.1 Å². The highest BCUT2D eigenvalue weighted by Gasteiger charge is 2.56. The van der Waals surface area contributed by atoms with Crippen molar-refractivity contribution in [3.05, 3.63) is 144 Å². The van der Waals surface area contributed by atoms with Crippen molar-refractivity contribution in [3.8, 4) is 0 Å². The quantitative estimate of drug-likeness (QED) is 0.0447. The molecule has 19 heteroatoms. The van der Waals surface area contributed by atoms with Gasteiger partial charge in [-0.25, -0.2) is 0 Å². The highest BCUT2D eigenvalue weighted by Crippen LogP contribution is 2.46. The van der Waals surface area contributed by atoms with Crippen LogP contribution in [0.4, 0.5) is 0 Å². The van der Waals surface area contributed by atoms with Crippen molar-refractivity contribution in [1.82, 2.24) is 0 Å². The Morgan fingerprint density at radius 2 is 0.489 bits per heavy atom. The zero-order valence-corrected chi connectivity index (χ0v) is 92.7. The van der Waals surface area contributed by atoms with Crippen LogP contribution in [0.5, 0.6) is 0 Å². The summed E-state index contributed by atoms with van der Waals surface area (Å²) < 4.78 is 118. The molecule has 4 aromatic carbocycles. The summed E-state index contributed by atoms with van der Waals surface area (Å²) in [6.45, 7) is 94.6. The third kappa shape index (κ3) is 45.6. The smallest absolute Gasteiger partial charge is 0.303 e. The van der Waals surface area contributed by atoms with Crippen LogP contribution in [-0.2, 0) is 117 Å². The highest BCUT2D eigenvalue weighted by atomic mass is 16.8. The number of esters is 2. The van der Waals surface area contributed by atoms with E-state index >= 15 is 0 Å². The van der Waals surface area contributed by atoms with Crippen LogP contribution in [0.3, 0.4) is 0 Å². The number of carbonyl (C=O) groups is 2. The Morgan fingerprint density at radius 1 is 0.229 bits per heavy atom. The number of hydrogen-bond donors (Lipinski definition) is 0. The van der Waals surface area contributed by atoms with Crippen molar-refractivity contribution in [2.45, 2.75) is 481 Å². The summed E-state index contributed by atoms with van der Waals surface area (Å²) in [7, 11) is 0. The fourth-order valence-corrected chi connectivity index (χ4v) is 15.7. The van der Waals surface area contributed by atoms with Crippen LogP contribution in [0, 0.1) is 65.1 Å². The lowest BCUT2D eigenvalue weighted by Crippen LogP contribution is -2.63. The molecule has 770 valence electrons. The summed E-state index contributed by atoms with van der Waals surface area (Å²) in [5.41, 5.74) is 4.07. The Balaban J connectivity index is -0.00000118. The van der Waals surface area contributed by atoms with Crippen LogP contribution >= 0.6 is 0 Å². The SMILES string of the molecule is CC.CC.CC.CC.CC.CC.CC.CC.CC.CC.CC.CC.CC.CC.CC.CCC1O[C@H](OCC2O[C@@H](O[C@@H]3C(COCc4ccccc4)O[C@@H](OCc4ccccc4)[C@@H](C)C3C)[C@H](OCc3ccccc3)C(O[C@@H]3OC(CC)[C@H](C)[C@@H](C)C3OC(C)=O)[C@@H]2C)[C@H](O[C@@H]2OC(CC)[C@@H](O[C@@H]3OC(COCc4ccccc4)[C@H](C)C(C)[C@@H]3OC(C)=O)C(C)[C@@H]2C)C(C)[C@@H]1C. The molecule has 6 saturated heterocycles. The lowest BCUT2D eigenvalue weighted by atomic mass is 9.81. The number of ether oxygens (including phenoxy) is 17. The van der Waals surface area contributed by atoms with E-state index in [0.717, 1.165) is 35.1 Å². The molecule has 6 aliphatic heterocycles. The van der Waals surface area contributed by atoms with Gasteiger partial charge in [-0.3, -0.25) is 9.59 Å². The van der Waals surface area contributed by atoms with Crippen molar-refractivity contribution in [3.63, 3.8) is 0 Å². The van der Waals surface area contributed by atoms with Gasteiger partial charge in [0, 0.05) is 43.4 Å². The van der Waals surface area contributed by atoms with Gasteiger partial charge in [0.2, 0.25) is 0 Å². The van der Waals surface area contributed by atoms with E-state index in [0.29, 0.717) is 32.8 Å². The number of carbonyl (C=O) groups excluding carboxylic acids is 2. The molecule has 0 bridgehead atoms. The molecule has 0 saturated carbocycles. The lowest BCUT2D eigenvalue weighted by Gasteiger charge is -2.52. The van der Waals surface area contributed by atoms with Crippen LogP contribution in [0.2, 0.25) is 0 Å². The largest absolute Gasteiger partial charge is 0.457 e. The van der Waals surface area contributed by atoms with Gasteiger partial charge in [-0.1, -0.05) is 426 Å². The molecule has 0 spiro atoms. The molecule has 0 radical (unpaired) electrons. The molecule has 6 heterocycles. The maximum absolute atomic E-state index is 13.1. The molecular formula is C112H208O19. The van der Waals surface area contributed by atoms with E-state index < -0.39 is 117 Å². The first kappa shape index (κ1) is 137. The first-order chi connectivity index (χ1) is 63.7. The minimum absolute atomic E-state index is 0.000937. The van der Waals surface area contributed by atoms with E-state index in [1.165, 1.54) is 13.8 Å².